The Balaban J connectivity index is 1.94. The fourth-order valence-electron chi connectivity index (χ4n) is 2.79. The highest BCUT2D eigenvalue weighted by Crippen LogP contribution is 2.26. The molecule has 1 N–H and O–H groups in total. The van der Waals surface area contributed by atoms with Crippen molar-refractivity contribution in [3.63, 3.8) is 0 Å². The smallest absolute Gasteiger partial charge is 0.163 e. The van der Waals surface area contributed by atoms with Gasteiger partial charge in [0, 0.05) is 16.1 Å². The van der Waals surface area contributed by atoms with Crippen LogP contribution in [0.3, 0.4) is 0 Å². The normalized spacial score (nSPS) is 13.0. The first kappa shape index (κ1) is 14.1. The molecule has 0 saturated heterocycles. The molecule has 0 atom stereocenters. The van der Waals surface area contributed by atoms with E-state index in [0.717, 1.165) is 22.5 Å². The van der Waals surface area contributed by atoms with Gasteiger partial charge >= 0.3 is 0 Å². The molecule has 0 spiro atoms. The molecule has 0 amide bonds. The van der Waals surface area contributed by atoms with Crippen LogP contribution in [0.5, 0.6) is 0 Å². The molecule has 0 fully saturated rings. The van der Waals surface area contributed by atoms with E-state index in [1.54, 1.807) is 0 Å². The summed E-state index contributed by atoms with van der Waals surface area (Å²) in [6.45, 7) is 0.233. The molecular weight excluding hydrogens is 312 g/mol. The number of fused-ring (bicyclic) bond motifs is 3. The van der Waals surface area contributed by atoms with Crippen molar-refractivity contribution in [1.82, 2.24) is 14.8 Å². The molecule has 0 unspecified atom stereocenters. The highest BCUT2D eigenvalue weighted by Gasteiger charge is 2.22. The fraction of sp³-hybridized carbons (Fsp3) is 0.118. The lowest BCUT2D eigenvalue weighted by atomic mass is 10.0. The number of rotatable bonds is 2. The third-order valence-corrected chi connectivity index (χ3v) is 4.09. The SMILES string of the molecule is OCc1nnc2n1-c1ccccc1C(c1ccc(Cl)cc1)=NC2. The van der Waals surface area contributed by atoms with E-state index in [1.165, 1.54) is 0 Å². The maximum Gasteiger partial charge on any atom is 0.163 e. The van der Waals surface area contributed by atoms with E-state index in [1.807, 2.05) is 53.1 Å². The first-order valence-corrected chi connectivity index (χ1v) is 7.60. The number of halogens is 1. The standard InChI is InChI=1S/C17H13ClN4O/c18-12-7-5-11(6-8-12)17-13-3-1-2-4-14(13)22-15(9-19-17)20-21-16(22)10-23/h1-8,23H,9-10H2. The van der Waals surface area contributed by atoms with Gasteiger partial charge in [-0.25, -0.2) is 0 Å². The number of hydrogen-bond donors (Lipinski definition) is 1. The van der Waals surface area contributed by atoms with Crippen molar-refractivity contribution in [2.24, 2.45) is 4.99 Å². The lowest BCUT2D eigenvalue weighted by Gasteiger charge is -2.12. The molecule has 114 valence electrons. The Morgan fingerprint density at radius 2 is 1.83 bits per heavy atom. The van der Waals surface area contributed by atoms with Crippen molar-refractivity contribution < 1.29 is 5.11 Å². The molecule has 2 aromatic carbocycles. The minimum absolute atomic E-state index is 0.169. The monoisotopic (exact) mass is 324 g/mol. The van der Waals surface area contributed by atoms with Gasteiger partial charge in [-0.3, -0.25) is 9.56 Å². The molecule has 6 heteroatoms. The zero-order valence-electron chi connectivity index (χ0n) is 12.1. The molecule has 0 bridgehead atoms. The quantitative estimate of drug-likeness (QED) is 0.788. The van der Waals surface area contributed by atoms with Crippen molar-refractivity contribution in [3.8, 4) is 5.69 Å². The average Bonchev–Trinajstić information content (AvgIpc) is 2.92. The number of aliphatic imine (C=N–C) groups is 1. The summed E-state index contributed by atoms with van der Waals surface area (Å²) in [5.41, 5.74) is 3.77. The molecule has 0 aliphatic carbocycles. The van der Waals surface area contributed by atoms with Gasteiger partial charge in [0.1, 0.15) is 13.2 Å². The summed E-state index contributed by atoms with van der Waals surface area (Å²) >= 11 is 5.99. The van der Waals surface area contributed by atoms with Gasteiger partial charge < -0.3 is 5.11 Å². The van der Waals surface area contributed by atoms with Crippen LogP contribution >= 0.6 is 11.6 Å². The lowest BCUT2D eigenvalue weighted by molar-refractivity contribution is 0.268. The zero-order chi connectivity index (χ0) is 15.8. The maximum absolute atomic E-state index is 9.54. The van der Waals surface area contributed by atoms with Crippen molar-refractivity contribution >= 4 is 17.3 Å². The molecule has 5 nitrogen and oxygen atoms in total. The molecule has 1 aromatic heterocycles. The Kier molecular flexibility index (Phi) is 3.44. The Bertz CT molecular complexity index is 899. The molecule has 23 heavy (non-hydrogen) atoms. The minimum Gasteiger partial charge on any atom is -0.388 e. The Morgan fingerprint density at radius 3 is 2.61 bits per heavy atom. The van der Waals surface area contributed by atoms with Crippen molar-refractivity contribution in [2.75, 3.05) is 0 Å². The summed E-state index contributed by atoms with van der Waals surface area (Å²) in [5.74, 6) is 1.23. The van der Waals surface area contributed by atoms with Gasteiger partial charge in [0.2, 0.25) is 0 Å². The number of nitrogens with zero attached hydrogens (tertiary/aromatic N) is 4. The first-order chi connectivity index (χ1) is 11.3. The van der Waals surface area contributed by atoms with Gasteiger partial charge in [-0.2, -0.15) is 0 Å². The van der Waals surface area contributed by atoms with Crippen LogP contribution in [0, 0.1) is 0 Å². The number of para-hydroxylation sites is 1. The van der Waals surface area contributed by atoms with Gasteiger partial charge in [-0.15, -0.1) is 10.2 Å². The molecule has 1 aliphatic heterocycles. The minimum atomic E-state index is -0.169. The van der Waals surface area contributed by atoms with Gasteiger partial charge in [0.15, 0.2) is 11.6 Å². The van der Waals surface area contributed by atoms with E-state index < -0.39 is 0 Å². The van der Waals surface area contributed by atoms with E-state index in [2.05, 4.69) is 10.2 Å². The van der Waals surface area contributed by atoms with Crippen LogP contribution in [0.2, 0.25) is 5.02 Å². The zero-order valence-corrected chi connectivity index (χ0v) is 12.9. The van der Waals surface area contributed by atoms with Crippen LogP contribution in [0.25, 0.3) is 5.69 Å². The second-order valence-electron chi connectivity index (χ2n) is 5.21. The van der Waals surface area contributed by atoms with Crippen LogP contribution in [0.4, 0.5) is 0 Å². The van der Waals surface area contributed by atoms with Gasteiger partial charge in [-0.1, -0.05) is 41.9 Å². The number of hydrogen-bond acceptors (Lipinski definition) is 4. The molecule has 0 radical (unpaired) electrons. The van der Waals surface area contributed by atoms with E-state index >= 15 is 0 Å². The average molecular weight is 325 g/mol. The summed E-state index contributed by atoms with van der Waals surface area (Å²) in [5, 5.41) is 18.4. The number of aliphatic hydroxyl groups excluding tert-OH is 1. The predicted octanol–water partition coefficient (Wildman–Crippen LogP) is 2.76. The van der Waals surface area contributed by atoms with Crippen LogP contribution < -0.4 is 0 Å². The van der Waals surface area contributed by atoms with E-state index in [0.29, 0.717) is 23.2 Å². The van der Waals surface area contributed by atoms with Crippen molar-refractivity contribution in [2.45, 2.75) is 13.2 Å². The number of aromatic nitrogens is 3. The first-order valence-electron chi connectivity index (χ1n) is 7.22. The Morgan fingerprint density at radius 1 is 1.04 bits per heavy atom. The number of benzene rings is 2. The third-order valence-electron chi connectivity index (χ3n) is 3.83. The molecule has 3 aromatic rings. The summed E-state index contributed by atoms with van der Waals surface area (Å²) in [4.78, 5) is 4.72. The largest absolute Gasteiger partial charge is 0.388 e. The van der Waals surface area contributed by atoms with Crippen LogP contribution in [0.1, 0.15) is 22.8 Å². The Hall–Kier alpha value is -2.50. The topological polar surface area (TPSA) is 63.3 Å². The second-order valence-corrected chi connectivity index (χ2v) is 5.65. The van der Waals surface area contributed by atoms with E-state index in [-0.39, 0.29) is 6.61 Å². The highest BCUT2D eigenvalue weighted by molar-refractivity contribution is 6.30. The van der Waals surface area contributed by atoms with Gasteiger partial charge in [-0.05, 0) is 18.2 Å². The second kappa shape index (κ2) is 5.61. The predicted molar refractivity (Wildman–Crippen MR) is 88.1 cm³/mol. The van der Waals surface area contributed by atoms with E-state index in [9.17, 15) is 5.11 Å². The van der Waals surface area contributed by atoms with Gasteiger partial charge in [0.25, 0.3) is 0 Å². The highest BCUT2D eigenvalue weighted by atomic mass is 35.5. The molecular formula is C17H13ClN4O. The molecule has 1 aliphatic rings. The van der Waals surface area contributed by atoms with Crippen molar-refractivity contribution in [3.05, 3.63) is 76.3 Å². The number of aliphatic hydroxyl groups is 1. The fourth-order valence-corrected chi connectivity index (χ4v) is 2.92. The van der Waals surface area contributed by atoms with Crippen LogP contribution in [-0.2, 0) is 13.2 Å². The Labute approximate surface area is 137 Å². The maximum atomic E-state index is 9.54. The lowest BCUT2D eigenvalue weighted by Crippen LogP contribution is -2.09. The van der Waals surface area contributed by atoms with Crippen molar-refractivity contribution in [1.29, 1.82) is 0 Å². The molecule has 2 heterocycles. The summed E-state index contributed by atoms with van der Waals surface area (Å²) in [6.07, 6.45) is 0. The van der Waals surface area contributed by atoms with Crippen LogP contribution in [-0.4, -0.2) is 25.6 Å². The summed E-state index contributed by atoms with van der Waals surface area (Å²) in [6, 6.07) is 15.5. The van der Waals surface area contributed by atoms with Crippen LogP contribution in [0.15, 0.2) is 53.5 Å². The summed E-state index contributed by atoms with van der Waals surface area (Å²) < 4.78 is 1.88. The summed E-state index contributed by atoms with van der Waals surface area (Å²) in [7, 11) is 0. The van der Waals surface area contributed by atoms with E-state index in [4.69, 9.17) is 16.6 Å². The molecule has 4 rings (SSSR count). The molecule has 0 saturated carbocycles. The third kappa shape index (κ3) is 2.34. The van der Waals surface area contributed by atoms with Gasteiger partial charge in [0.05, 0.1) is 11.4 Å².